The van der Waals surface area contributed by atoms with Gasteiger partial charge in [-0.05, 0) is 67.5 Å². The van der Waals surface area contributed by atoms with E-state index in [9.17, 15) is 9.59 Å². The molecule has 1 aromatic rings. The van der Waals surface area contributed by atoms with Crippen LogP contribution >= 0.6 is 22.6 Å². The van der Waals surface area contributed by atoms with E-state index in [0.717, 1.165) is 22.0 Å². The fourth-order valence-corrected chi connectivity index (χ4v) is 2.28. The van der Waals surface area contributed by atoms with Gasteiger partial charge in [-0.15, -0.1) is 0 Å². The van der Waals surface area contributed by atoms with Crippen molar-refractivity contribution in [3.8, 4) is 0 Å². The zero-order chi connectivity index (χ0) is 18.2. The Kier molecular flexibility index (Phi) is 8.52. The van der Waals surface area contributed by atoms with Crippen molar-refractivity contribution in [2.24, 2.45) is 0 Å². The Morgan fingerprint density at radius 2 is 1.83 bits per heavy atom. The molecule has 0 radical (unpaired) electrons. The molecule has 0 saturated carbocycles. The van der Waals surface area contributed by atoms with Crippen molar-refractivity contribution >= 4 is 34.7 Å². The average molecular weight is 447 g/mol. The third-order valence-corrected chi connectivity index (χ3v) is 3.79. The predicted octanol–water partition coefficient (Wildman–Crippen LogP) is 4.07. The lowest BCUT2D eigenvalue weighted by molar-refractivity contribution is -0.146. The first kappa shape index (κ1) is 20.7. The van der Waals surface area contributed by atoms with Gasteiger partial charge in [0.2, 0.25) is 0 Å². The van der Waals surface area contributed by atoms with Crippen LogP contribution in [0.4, 0.5) is 4.79 Å². The molecule has 0 spiro atoms. The Morgan fingerprint density at radius 1 is 1.21 bits per heavy atom. The number of benzene rings is 1. The number of carbonyl (C=O) groups excluding carboxylic acids is 2. The molecule has 1 rings (SSSR count). The summed E-state index contributed by atoms with van der Waals surface area (Å²) in [6.45, 7) is 7.71. The molecule has 0 aliphatic carbocycles. The highest BCUT2D eigenvalue weighted by Crippen LogP contribution is 2.11. The van der Waals surface area contributed by atoms with Gasteiger partial charge in [-0.25, -0.2) is 9.59 Å². The molecule has 5 nitrogen and oxygen atoms in total. The van der Waals surface area contributed by atoms with Crippen molar-refractivity contribution in [3.05, 3.63) is 33.4 Å². The third kappa shape index (κ3) is 8.52. The van der Waals surface area contributed by atoms with Crippen molar-refractivity contribution in [1.82, 2.24) is 5.32 Å². The summed E-state index contributed by atoms with van der Waals surface area (Å²) in [6, 6.07) is 7.03. The van der Waals surface area contributed by atoms with Gasteiger partial charge in [0.1, 0.15) is 11.6 Å². The second-order valence-electron chi connectivity index (χ2n) is 6.55. The van der Waals surface area contributed by atoms with E-state index in [2.05, 4.69) is 27.9 Å². The molecule has 1 aromatic carbocycles. The Balaban J connectivity index is 2.76. The fourth-order valence-electron chi connectivity index (χ4n) is 1.92. The Bertz CT molecular complexity index is 537. The van der Waals surface area contributed by atoms with E-state index in [-0.39, 0.29) is 0 Å². The van der Waals surface area contributed by atoms with Crippen LogP contribution in [0.2, 0.25) is 0 Å². The van der Waals surface area contributed by atoms with Crippen LogP contribution < -0.4 is 5.32 Å². The van der Waals surface area contributed by atoms with Crippen LogP contribution in [0.15, 0.2) is 24.3 Å². The SMILES string of the molecule is CCCCOC(=O)[C@H](Cc1ccc(I)cc1)NC(=O)OC(C)(C)C. The summed E-state index contributed by atoms with van der Waals surface area (Å²) < 4.78 is 11.6. The molecule has 0 unspecified atom stereocenters. The number of alkyl carbamates (subject to hydrolysis) is 1. The van der Waals surface area contributed by atoms with Gasteiger partial charge in [-0.1, -0.05) is 25.5 Å². The van der Waals surface area contributed by atoms with Crippen LogP contribution in [0, 0.1) is 3.57 Å². The summed E-state index contributed by atoms with van der Waals surface area (Å²) >= 11 is 2.22. The highest BCUT2D eigenvalue weighted by molar-refractivity contribution is 14.1. The summed E-state index contributed by atoms with van der Waals surface area (Å²) in [7, 11) is 0. The maximum Gasteiger partial charge on any atom is 0.408 e. The maximum atomic E-state index is 12.3. The second-order valence-corrected chi connectivity index (χ2v) is 7.80. The number of carbonyl (C=O) groups is 2. The van der Waals surface area contributed by atoms with E-state index in [4.69, 9.17) is 9.47 Å². The van der Waals surface area contributed by atoms with Crippen LogP contribution in [-0.4, -0.2) is 30.3 Å². The molecule has 0 bridgehead atoms. The van der Waals surface area contributed by atoms with Crippen molar-refractivity contribution in [1.29, 1.82) is 0 Å². The van der Waals surface area contributed by atoms with Gasteiger partial charge in [-0.3, -0.25) is 0 Å². The van der Waals surface area contributed by atoms with E-state index in [1.54, 1.807) is 20.8 Å². The van der Waals surface area contributed by atoms with Crippen LogP contribution in [-0.2, 0) is 20.7 Å². The molecule has 0 aliphatic heterocycles. The van der Waals surface area contributed by atoms with E-state index < -0.39 is 23.7 Å². The summed E-state index contributed by atoms with van der Waals surface area (Å²) in [5.41, 5.74) is 0.327. The largest absolute Gasteiger partial charge is 0.464 e. The molecule has 0 aromatic heterocycles. The summed E-state index contributed by atoms with van der Waals surface area (Å²) in [5.74, 6) is -0.437. The van der Waals surface area contributed by atoms with E-state index in [1.165, 1.54) is 0 Å². The molecule has 1 atom stereocenters. The fraction of sp³-hybridized carbons (Fsp3) is 0.556. The predicted molar refractivity (Wildman–Crippen MR) is 102 cm³/mol. The minimum absolute atomic E-state index is 0.356. The molecule has 24 heavy (non-hydrogen) atoms. The number of ether oxygens (including phenoxy) is 2. The minimum atomic E-state index is -0.767. The van der Waals surface area contributed by atoms with Gasteiger partial charge in [0.25, 0.3) is 0 Å². The van der Waals surface area contributed by atoms with Crippen molar-refractivity contribution in [2.75, 3.05) is 6.61 Å². The highest BCUT2D eigenvalue weighted by Gasteiger charge is 2.25. The van der Waals surface area contributed by atoms with Gasteiger partial charge in [0.05, 0.1) is 6.61 Å². The monoisotopic (exact) mass is 447 g/mol. The molecule has 134 valence electrons. The molecule has 0 aliphatic rings. The number of hydrogen-bond acceptors (Lipinski definition) is 4. The van der Waals surface area contributed by atoms with Gasteiger partial charge < -0.3 is 14.8 Å². The molecule has 6 heteroatoms. The van der Waals surface area contributed by atoms with Gasteiger partial charge in [0.15, 0.2) is 0 Å². The summed E-state index contributed by atoms with van der Waals surface area (Å²) in [5, 5.41) is 2.63. The topological polar surface area (TPSA) is 64.6 Å². The molecule has 0 heterocycles. The van der Waals surface area contributed by atoms with Crippen LogP contribution in [0.3, 0.4) is 0 Å². The molecule has 1 amide bonds. The van der Waals surface area contributed by atoms with Crippen molar-refractivity contribution in [3.63, 3.8) is 0 Å². The van der Waals surface area contributed by atoms with Crippen LogP contribution in [0.5, 0.6) is 0 Å². The molecule has 0 saturated heterocycles. The summed E-state index contributed by atoms with van der Waals surface area (Å²) in [4.78, 5) is 24.3. The smallest absolute Gasteiger partial charge is 0.408 e. The Labute approximate surface area is 157 Å². The zero-order valence-electron chi connectivity index (χ0n) is 14.7. The lowest BCUT2D eigenvalue weighted by Crippen LogP contribution is -2.45. The first-order valence-corrected chi connectivity index (χ1v) is 9.19. The third-order valence-electron chi connectivity index (χ3n) is 3.07. The number of amides is 1. The number of hydrogen-bond donors (Lipinski definition) is 1. The van der Waals surface area contributed by atoms with E-state index in [1.807, 2.05) is 31.2 Å². The van der Waals surface area contributed by atoms with E-state index in [0.29, 0.717) is 13.0 Å². The average Bonchev–Trinajstić information content (AvgIpc) is 2.47. The van der Waals surface area contributed by atoms with Crippen molar-refractivity contribution in [2.45, 2.75) is 58.6 Å². The Morgan fingerprint density at radius 3 is 2.38 bits per heavy atom. The molecule has 1 N–H and O–H groups in total. The Hall–Kier alpha value is -1.31. The maximum absolute atomic E-state index is 12.3. The molecular weight excluding hydrogens is 421 g/mol. The molecular formula is C18H26INO4. The van der Waals surface area contributed by atoms with Crippen molar-refractivity contribution < 1.29 is 19.1 Å². The number of nitrogens with one attached hydrogen (secondary N) is 1. The van der Waals surface area contributed by atoms with Crippen LogP contribution in [0.25, 0.3) is 0 Å². The highest BCUT2D eigenvalue weighted by atomic mass is 127. The zero-order valence-corrected chi connectivity index (χ0v) is 16.9. The number of rotatable bonds is 7. The van der Waals surface area contributed by atoms with E-state index >= 15 is 0 Å². The number of esters is 1. The van der Waals surface area contributed by atoms with Gasteiger partial charge in [-0.2, -0.15) is 0 Å². The summed E-state index contributed by atoms with van der Waals surface area (Å²) in [6.07, 6.45) is 1.48. The first-order chi connectivity index (χ1) is 11.2. The van der Waals surface area contributed by atoms with Gasteiger partial charge in [0, 0.05) is 9.99 Å². The number of halogens is 1. The quantitative estimate of drug-likeness (QED) is 0.389. The number of unbranched alkanes of at least 4 members (excludes halogenated alkanes) is 1. The lowest BCUT2D eigenvalue weighted by atomic mass is 10.1. The minimum Gasteiger partial charge on any atom is -0.464 e. The standard InChI is InChI=1S/C18H26INO4/c1-5-6-11-23-16(21)15(20-17(22)24-18(2,3)4)12-13-7-9-14(19)10-8-13/h7-10,15H,5-6,11-12H2,1-4H3,(H,20,22)/t15-/m0/s1. The second kappa shape index (κ2) is 9.86. The van der Waals surface area contributed by atoms with Crippen LogP contribution in [0.1, 0.15) is 46.1 Å². The molecule has 0 fully saturated rings. The lowest BCUT2D eigenvalue weighted by Gasteiger charge is -2.23. The van der Waals surface area contributed by atoms with Gasteiger partial charge >= 0.3 is 12.1 Å². The normalized spacial score (nSPS) is 12.4. The first-order valence-electron chi connectivity index (χ1n) is 8.12.